The van der Waals surface area contributed by atoms with Crippen LogP contribution in [0.1, 0.15) is 17.2 Å². The van der Waals surface area contributed by atoms with Crippen molar-refractivity contribution in [1.29, 1.82) is 0 Å². The molecule has 1 aliphatic heterocycles. The van der Waals surface area contributed by atoms with Crippen molar-refractivity contribution in [3.63, 3.8) is 0 Å². The average molecular weight is 235 g/mol. The Balaban J connectivity index is 2.40. The zero-order chi connectivity index (χ0) is 12.5. The smallest absolute Gasteiger partial charge is 0.316 e. The van der Waals surface area contributed by atoms with Crippen LogP contribution in [0.3, 0.4) is 0 Å². The molecule has 0 saturated carbocycles. The summed E-state index contributed by atoms with van der Waals surface area (Å²) >= 11 is 0. The minimum atomic E-state index is -0.832. The van der Waals surface area contributed by atoms with Gasteiger partial charge < -0.3 is 15.2 Å². The van der Waals surface area contributed by atoms with Crippen LogP contribution in [0.4, 0.5) is 0 Å². The van der Waals surface area contributed by atoms with E-state index in [1.165, 1.54) is 0 Å². The number of hydrogen-bond donors (Lipinski definition) is 2. The SMILES string of the molecule is CNC(c1ccccc1C)C1(C(=O)O)COC1. The highest BCUT2D eigenvalue weighted by Crippen LogP contribution is 2.41. The summed E-state index contributed by atoms with van der Waals surface area (Å²) in [7, 11) is 1.79. The molecule has 92 valence electrons. The molecule has 2 N–H and O–H groups in total. The van der Waals surface area contributed by atoms with Crippen LogP contribution in [0.15, 0.2) is 24.3 Å². The number of ether oxygens (including phenoxy) is 1. The van der Waals surface area contributed by atoms with Gasteiger partial charge in [0, 0.05) is 0 Å². The Bertz CT molecular complexity index is 426. The topological polar surface area (TPSA) is 58.6 Å². The number of rotatable bonds is 4. The minimum absolute atomic E-state index is 0.213. The number of carboxylic acid groups (broad SMARTS) is 1. The number of carboxylic acids is 1. The maximum Gasteiger partial charge on any atom is 0.316 e. The van der Waals surface area contributed by atoms with Crippen LogP contribution in [-0.2, 0) is 9.53 Å². The van der Waals surface area contributed by atoms with Crippen LogP contribution in [0.2, 0.25) is 0 Å². The van der Waals surface area contributed by atoms with Crippen molar-refractivity contribution in [3.8, 4) is 0 Å². The monoisotopic (exact) mass is 235 g/mol. The van der Waals surface area contributed by atoms with E-state index in [9.17, 15) is 9.90 Å². The van der Waals surface area contributed by atoms with Gasteiger partial charge >= 0.3 is 5.97 Å². The molecule has 0 aromatic heterocycles. The standard InChI is InChI=1S/C13H17NO3/c1-9-5-3-4-6-10(9)11(14-2)13(12(15)16)7-17-8-13/h3-6,11,14H,7-8H2,1-2H3,(H,15,16). The highest BCUT2D eigenvalue weighted by atomic mass is 16.5. The van der Waals surface area contributed by atoms with Crippen molar-refractivity contribution in [2.75, 3.05) is 20.3 Å². The zero-order valence-electron chi connectivity index (χ0n) is 10.1. The molecule has 1 unspecified atom stereocenters. The van der Waals surface area contributed by atoms with Gasteiger partial charge in [0.1, 0.15) is 5.41 Å². The Kier molecular flexibility index (Phi) is 3.17. The third-order valence-electron chi connectivity index (χ3n) is 3.49. The van der Waals surface area contributed by atoms with Crippen LogP contribution in [0.25, 0.3) is 0 Å². The van der Waals surface area contributed by atoms with Gasteiger partial charge in [0.25, 0.3) is 0 Å². The number of nitrogens with one attached hydrogen (secondary N) is 1. The molecule has 1 heterocycles. The zero-order valence-corrected chi connectivity index (χ0v) is 10.1. The van der Waals surface area contributed by atoms with Crippen LogP contribution in [0.5, 0.6) is 0 Å². The summed E-state index contributed by atoms with van der Waals surface area (Å²) in [6.07, 6.45) is 0. The van der Waals surface area contributed by atoms with Gasteiger partial charge in [0.2, 0.25) is 0 Å². The normalized spacial score (nSPS) is 19.4. The van der Waals surface area contributed by atoms with Crippen molar-refractivity contribution in [2.45, 2.75) is 13.0 Å². The van der Waals surface area contributed by atoms with Crippen molar-refractivity contribution in [2.24, 2.45) is 5.41 Å². The molecule has 0 amide bonds. The van der Waals surface area contributed by atoms with E-state index in [1.54, 1.807) is 7.05 Å². The Labute approximate surface area is 101 Å². The number of aliphatic carboxylic acids is 1. The molecule has 1 saturated heterocycles. The van der Waals surface area contributed by atoms with Crippen molar-refractivity contribution >= 4 is 5.97 Å². The fourth-order valence-electron chi connectivity index (χ4n) is 2.38. The van der Waals surface area contributed by atoms with Gasteiger partial charge in [0.05, 0.1) is 19.3 Å². The second-order valence-corrected chi connectivity index (χ2v) is 4.53. The Morgan fingerprint density at radius 1 is 1.47 bits per heavy atom. The van der Waals surface area contributed by atoms with Crippen molar-refractivity contribution < 1.29 is 14.6 Å². The second kappa shape index (κ2) is 4.47. The molecule has 1 aliphatic rings. The summed E-state index contributed by atoms with van der Waals surface area (Å²) in [5.41, 5.74) is 1.29. The van der Waals surface area contributed by atoms with E-state index in [1.807, 2.05) is 31.2 Å². The largest absolute Gasteiger partial charge is 0.481 e. The van der Waals surface area contributed by atoms with Crippen LogP contribution in [-0.4, -0.2) is 31.3 Å². The first-order valence-electron chi connectivity index (χ1n) is 5.66. The summed E-state index contributed by atoms with van der Waals surface area (Å²) in [5, 5.41) is 12.5. The van der Waals surface area contributed by atoms with E-state index in [0.29, 0.717) is 0 Å². The van der Waals surface area contributed by atoms with Gasteiger partial charge in [-0.1, -0.05) is 24.3 Å². The first-order chi connectivity index (χ1) is 8.12. The van der Waals surface area contributed by atoms with Gasteiger partial charge in [-0.3, -0.25) is 4.79 Å². The molecule has 1 atom stereocenters. The van der Waals surface area contributed by atoms with E-state index in [4.69, 9.17) is 4.74 Å². The quantitative estimate of drug-likeness (QED) is 0.827. The van der Waals surface area contributed by atoms with E-state index in [0.717, 1.165) is 11.1 Å². The van der Waals surface area contributed by atoms with E-state index < -0.39 is 11.4 Å². The van der Waals surface area contributed by atoms with E-state index >= 15 is 0 Å². The second-order valence-electron chi connectivity index (χ2n) is 4.53. The maximum atomic E-state index is 11.5. The highest BCUT2D eigenvalue weighted by molar-refractivity contribution is 5.77. The van der Waals surface area contributed by atoms with Crippen molar-refractivity contribution in [3.05, 3.63) is 35.4 Å². The van der Waals surface area contributed by atoms with Gasteiger partial charge in [-0.2, -0.15) is 0 Å². The Hall–Kier alpha value is -1.39. The molecule has 4 nitrogen and oxygen atoms in total. The van der Waals surface area contributed by atoms with Gasteiger partial charge in [-0.05, 0) is 25.1 Å². The molecule has 2 rings (SSSR count). The number of carbonyl (C=O) groups is 1. The minimum Gasteiger partial charge on any atom is -0.481 e. The fourth-order valence-corrected chi connectivity index (χ4v) is 2.38. The van der Waals surface area contributed by atoms with Crippen LogP contribution >= 0.6 is 0 Å². The molecule has 1 aromatic carbocycles. The molecule has 4 heteroatoms. The van der Waals surface area contributed by atoms with E-state index in [-0.39, 0.29) is 19.3 Å². The molecule has 17 heavy (non-hydrogen) atoms. The van der Waals surface area contributed by atoms with Crippen LogP contribution < -0.4 is 5.32 Å². The summed E-state index contributed by atoms with van der Waals surface area (Å²) in [5.74, 6) is -0.800. The first kappa shape index (κ1) is 12.1. The summed E-state index contributed by atoms with van der Waals surface area (Å²) < 4.78 is 5.12. The average Bonchev–Trinajstić information content (AvgIpc) is 2.24. The molecule has 0 spiro atoms. The summed E-state index contributed by atoms with van der Waals surface area (Å²) in [6, 6.07) is 7.64. The van der Waals surface area contributed by atoms with Gasteiger partial charge in [-0.25, -0.2) is 0 Å². The molecule has 0 bridgehead atoms. The predicted molar refractivity (Wildman–Crippen MR) is 63.9 cm³/mol. The maximum absolute atomic E-state index is 11.5. The molecule has 1 aromatic rings. The van der Waals surface area contributed by atoms with Gasteiger partial charge in [-0.15, -0.1) is 0 Å². The Morgan fingerprint density at radius 3 is 2.53 bits per heavy atom. The lowest BCUT2D eigenvalue weighted by Crippen LogP contribution is -2.56. The van der Waals surface area contributed by atoms with Crippen LogP contribution in [0, 0.1) is 12.3 Å². The lowest BCUT2D eigenvalue weighted by atomic mass is 9.74. The molecule has 0 aliphatic carbocycles. The fraction of sp³-hybridized carbons (Fsp3) is 0.462. The third kappa shape index (κ3) is 1.83. The predicted octanol–water partition coefficient (Wildman–Crippen LogP) is 1.36. The summed E-state index contributed by atoms with van der Waals surface area (Å²) in [6.45, 7) is 2.53. The summed E-state index contributed by atoms with van der Waals surface area (Å²) in [4.78, 5) is 11.5. The lowest BCUT2D eigenvalue weighted by Gasteiger charge is -2.43. The Morgan fingerprint density at radius 2 is 2.12 bits per heavy atom. The lowest BCUT2D eigenvalue weighted by molar-refractivity contribution is -0.186. The molecular weight excluding hydrogens is 218 g/mol. The third-order valence-corrected chi connectivity index (χ3v) is 3.49. The van der Waals surface area contributed by atoms with E-state index in [2.05, 4.69) is 5.32 Å². The molecule has 0 radical (unpaired) electrons. The van der Waals surface area contributed by atoms with Crippen molar-refractivity contribution in [1.82, 2.24) is 5.32 Å². The number of aryl methyl sites for hydroxylation is 1. The number of hydrogen-bond acceptors (Lipinski definition) is 3. The van der Waals surface area contributed by atoms with Gasteiger partial charge in [0.15, 0.2) is 0 Å². The molecular formula is C13H17NO3. The molecule has 1 fully saturated rings. The highest BCUT2D eigenvalue weighted by Gasteiger charge is 2.52. The first-order valence-corrected chi connectivity index (χ1v) is 5.66. The number of benzene rings is 1.